The molecule has 1 aromatic carbocycles. The number of nitrogens with one attached hydrogen (secondary N) is 12. The lowest BCUT2D eigenvalue weighted by Crippen LogP contribution is -2.61. The summed E-state index contributed by atoms with van der Waals surface area (Å²) in [7, 11) is 0. The van der Waals surface area contributed by atoms with Crippen molar-refractivity contribution in [3.8, 4) is 0 Å². The summed E-state index contributed by atoms with van der Waals surface area (Å²) >= 11 is 0. The van der Waals surface area contributed by atoms with Crippen molar-refractivity contribution >= 4 is 70.9 Å². The van der Waals surface area contributed by atoms with Crippen LogP contribution >= 0.6 is 0 Å². The monoisotopic (exact) mass is 1380 g/mol. The third-order valence-electron chi connectivity index (χ3n) is 16.5. The van der Waals surface area contributed by atoms with Crippen LogP contribution in [0.1, 0.15) is 184 Å². The van der Waals surface area contributed by atoms with Crippen LogP contribution in [0.25, 0.3) is 0 Å². The Morgan fingerprint density at radius 3 is 0.980 bits per heavy atom. The summed E-state index contributed by atoms with van der Waals surface area (Å²) in [6, 6.07) is -5.07. The van der Waals surface area contributed by atoms with Crippen molar-refractivity contribution in [2.24, 2.45) is 46.1 Å². The number of nitrogens with zero attached hydrogens (tertiary/aromatic N) is 2. The van der Waals surface area contributed by atoms with E-state index >= 15 is 0 Å². The highest BCUT2D eigenvalue weighted by Crippen LogP contribution is 2.16. The van der Waals surface area contributed by atoms with Crippen LogP contribution in [0.5, 0.6) is 0 Å². The highest BCUT2D eigenvalue weighted by Gasteiger charge is 2.37. The second-order valence-corrected chi connectivity index (χ2v) is 25.2. The summed E-state index contributed by atoms with van der Waals surface area (Å²) in [5.74, 6) is -9.84. The molecule has 1 saturated heterocycles. The van der Waals surface area contributed by atoms with Gasteiger partial charge in [0.25, 0.3) is 5.91 Å². The van der Waals surface area contributed by atoms with Crippen LogP contribution in [-0.2, 0) is 59.2 Å². The van der Waals surface area contributed by atoms with Crippen LogP contribution in [0, 0.1) is 5.92 Å². The molecule has 10 atom stereocenters. The highest BCUT2D eigenvalue weighted by atomic mass is 16.2. The first kappa shape index (κ1) is 84.0. The van der Waals surface area contributed by atoms with Crippen LogP contribution in [0.3, 0.4) is 0 Å². The van der Waals surface area contributed by atoms with Gasteiger partial charge in [-0.3, -0.25) is 57.5 Å². The Morgan fingerprint density at radius 1 is 0.398 bits per heavy atom. The topological polar surface area (TPSA) is 561 Å². The number of benzene rings is 1. The molecule has 98 heavy (non-hydrogen) atoms. The lowest BCUT2D eigenvalue weighted by atomic mass is 10.00. The number of hydrogen-bond donors (Lipinski definition) is 19. The number of amides is 12. The number of rotatable bonds is 37. The molecule has 0 aliphatic carbocycles. The van der Waals surface area contributed by atoms with E-state index in [-0.39, 0.29) is 134 Å². The maximum Gasteiger partial charge on any atom is 0.273 e. The van der Waals surface area contributed by atoms with Gasteiger partial charge in [0.05, 0.1) is 6.20 Å². The molecule has 26 N–H and O–H groups in total. The first-order valence-electron chi connectivity index (χ1n) is 34.8. The van der Waals surface area contributed by atoms with E-state index < -0.39 is 138 Å². The summed E-state index contributed by atoms with van der Waals surface area (Å²) in [5, 5.41) is 40.3. The summed E-state index contributed by atoms with van der Waals surface area (Å²) < 4.78 is 0. The number of aromatic nitrogens is 3. The highest BCUT2D eigenvalue weighted by molar-refractivity contribution is 6.00. The molecule has 0 saturated carbocycles. The zero-order chi connectivity index (χ0) is 72.2. The fourth-order valence-corrected chi connectivity index (χ4v) is 11.0. The first-order valence-corrected chi connectivity index (χ1v) is 34.8. The number of unbranched alkanes of at least 4 members (excludes halogenated alkanes) is 7. The SMILES string of the molecule is CC(C)C[C@@H]1NC(=O)[C@H](CCCCN)NC(=O)[C@H](CCCCN)NC(=O)[C@H](Cc2ccccc2)NC(=O)[C@H](CCCCN)NC(=O)[C@H](CCCCN)NC(=O)[C@H](CCCCNC(=O)c2cn[nH]n2)NC(=O)[C@H](CCCCN)NC(=O)[C@H](CCCCN)NC(=O)[C@H](CCC(N)=O)NC1=O. The summed E-state index contributed by atoms with van der Waals surface area (Å²) in [5.41, 5.74) is 41.6. The molecule has 1 aliphatic rings. The van der Waals surface area contributed by atoms with Gasteiger partial charge in [0, 0.05) is 19.4 Å². The predicted octanol–water partition coefficient (Wildman–Crippen LogP) is -3.11. The third kappa shape index (κ3) is 32.9. The maximum absolute atomic E-state index is 14.9. The Morgan fingerprint density at radius 2 is 0.684 bits per heavy atom. The van der Waals surface area contributed by atoms with E-state index in [1.54, 1.807) is 44.2 Å². The molecule has 550 valence electrons. The number of nitrogens with two attached hydrogens (primary N) is 7. The van der Waals surface area contributed by atoms with Gasteiger partial charge in [0.1, 0.15) is 60.4 Å². The molecule has 1 fully saturated rings. The lowest BCUT2D eigenvalue weighted by molar-refractivity contribution is -0.137. The van der Waals surface area contributed by atoms with Gasteiger partial charge in [0.2, 0.25) is 65.0 Å². The van der Waals surface area contributed by atoms with E-state index in [4.69, 9.17) is 40.1 Å². The number of carbonyl (C=O) groups is 12. The van der Waals surface area contributed by atoms with Crippen LogP contribution in [-0.4, -0.2) is 193 Å². The maximum atomic E-state index is 14.9. The van der Waals surface area contributed by atoms with Gasteiger partial charge in [-0.15, -0.1) is 0 Å². The van der Waals surface area contributed by atoms with Crippen LogP contribution < -0.4 is 98.6 Å². The zero-order valence-corrected chi connectivity index (χ0v) is 57.3. The van der Waals surface area contributed by atoms with Crippen molar-refractivity contribution in [2.45, 2.75) is 235 Å². The van der Waals surface area contributed by atoms with E-state index in [0.29, 0.717) is 82.6 Å². The number of primary amides is 1. The molecule has 33 nitrogen and oxygen atoms in total. The molecular formula is C65H113N21O12. The smallest absolute Gasteiger partial charge is 0.273 e. The van der Waals surface area contributed by atoms with Crippen LogP contribution in [0.15, 0.2) is 36.5 Å². The number of carbonyl (C=O) groups excluding carboxylic acids is 12. The largest absolute Gasteiger partial charge is 0.370 e. The van der Waals surface area contributed by atoms with Crippen molar-refractivity contribution < 1.29 is 57.5 Å². The molecule has 0 unspecified atom stereocenters. The van der Waals surface area contributed by atoms with Gasteiger partial charge in [-0.2, -0.15) is 15.4 Å². The molecular weight excluding hydrogens is 1270 g/mol. The van der Waals surface area contributed by atoms with E-state index in [2.05, 4.69) is 73.9 Å². The second kappa shape index (κ2) is 48.5. The molecule has 2 heterocycles. The van der Waals surface area contributed by atoms with Gasteiger partial charge >= 0.3 is 0 Å². The molecule has 33 heteroatoms. The molecule has 1 aliphatic heterocycles. The Hall–Kier alpha value is -8.24. The van der Waals surface area contributed by atoms with Gasteiger partial charge in [-0.1, -0.05) is 44.2 Å². The fraction of sp³-hybridized carbons (Fsp3) is 0.692. The number of aromatic amines is 1. The van der Waals surface area contributed by atoms with Gasteiger partial charge in [0.15, 0.2) is 5.69 Å². The Kier molecular flexibility index (Phi) is 41.5. The van der Waals surface area contributed by atoms with Crippen molar-refractivity contribution in [1.29, 1.82) is 0 Å². The van der Waals surface area contributed by atoms with E-state index in [1.807, 2.05) is 0 Å². The molecule has 0 radical (unpaired) electrons. The van der Waals surface area contributed by atoms with E-state index in [9.17, 15) is 57.5 Å². The molecule has 0 bridgehead atoms. The van der Waals surface area contributed by atoms with Crippen molar-refractivity contribution in [3.05, 3.63) is 47.8 Å². The van der Waals surface area contributed by atoms with E-state index in [1.165, 1.54) is 6.20 Å². The Bertz CT molecular complexity index is 2770. The minimum Gasteiger partial charge on any atom is -0.370 e. The predicted molar refractivity (Wildman–Crippen MR) is 367 cm³/mol. The Labute approximate surface area is 574 Å². The molecule has 0 spiro atoms. The molecule has 3 rings (SSSR count). The molecule has 12 amide bonds. The molecule has 1 aromatic heterocycles. The minimum atomic E-state index is -1.54. The lowest BCUT2D eigenvalue weighted by Gasteiger charge is -2.29. The molecule has 2 aromatic rings. The number of hydrogen-bond acceptors (Lipinski definition) is 20. The summed E-state index contributed by atoms with van der Waals surface area (Å²) in [6.45, 7) is 5.06. The van der Waals surface area contributed by atoms with Crippen molar-refractivity contribution in [1.82, 2.24) is 73.9 Å². The second-order valence-electron chi connectivity index (χ2n) is 25.2. The first-order chi connectivity index (χ1) is 47.1. The normalized spacial score (nSPS) is 22.6. The van der Waals surface area contributed by atoms with Crippen molar-refractivity contribution in [2.75, 3.05) is 45.8 Å². The minimum absolute atomic E-state index is 0.00344. The standard InChI is InChI=1S/C65H113N21O12/c1-41(2)38-51-64(97)82-50(29-30-54(72)87)63(96)80-45(24-8-15-33-68)58(91)75-44(23-7-14-32-67)57(90)79-49(28-12-19-37-73-55(88)53-40-74-86-85-53)60(93)76-43(22-6-13-31-66)56(89)78-48(27-11-18-36-71)62(95)84-52(39-42-20-4-3-5-21-42)65(98)81-46(25-9-16-34-69)59(92)77-47(61(94)83-51)26-10-17-35-70/h3-5,20-21,40-41,43-52H,6-19,22-39,66-71H2,1-2H3,(H2,72,87)(H,73,88)(H,75,91)(H,76,93)(H,77,92)(H,78,89)(H,79,90)(H,80,96)(H,81,98)(H,82,97)(H,83,94)(H,84,95)(H,74,85,86)/t43-,44-,45-,46-,47-,48-,49-,50-,51-,52-/m0/s1. The van der Waals surface area contributed by atoms with Crippen LogP contribution in [0.4, 0.5) is 0 Å². The average molecular weight is 1380 g/mol. The zero-order valence-electron chi connectivity index (χ0n) is 57.3. The third-order valence-corrected chi connectivity index (χ3v) is 16.5. The van der Waals surface area contributed by atoms with Crippen LogP contribution in [0.2, 0.25) is 0 Å². The van der Waals surface area contributed by atoms with E-state index in [0.717, 1.165) is 0 Å². The quantitative estimate of drug-likeness (QED) is 0.0298. The fourth-order valence-electron chi connectivity index (χ4n) is 11.0. The Balaban J connectivity index is 2.34. The average Bonchev–Trinajstić information content (AvgIpc) is 1.00. The summed E-state index contributed by atoms with van der Waals surface area (Å²) in [6.07, 6.45) is 5.26. The van der Waals surface area contributed by atoms with Gasteiger partial charge < -0.3 is 98.6 Å². The number of H-pyrrole nitrogens is 1. The van der Waals surface area contributed by atoms with Crippen molar-refractivity contribution in [3.63, 3.8) is 0 Å². The van der Waals surface area contributed by atoms with Gasteiger partial charge in [-0.05, 0) is 198 Å². The summed E-state index contributed by atoms with van der Waals surface area (Å²) in [4.78, 5) is 173. The van der Waals surface area contributed by atoms with Gasteiger partial charge in [-0.25, -0.2) is 0 Å².